The summed E-state index contributed by atoms with van der Waals surface area (Å²) >= 11 is 0. The zero-order valence-corrected chi connectivity index (χ0v) is 7.45. The van der Waals surface area contributed by atoms with Crippen molar-refractivity contribution in [2.45, 2.75) is 0 Å². The van der Waals surface area contributed by atoms with Crippen LogP contribution in [0.3, 0.4) is 0 Å². The van der Waals surface area contributed by atoms with Gasteiger partial charge in [-0.15, -0.1) is 0 Å². The van der Waals surface area contributed by atoms with Crippen LogP contribution in [0.2, 0.25) is 0 Å². The first-order valence-corrected chi connectivity index (χ1v) is 0. The van der Waals surface area contributed by atoms with E-state index in [9.17, 15) is 0 Å². The van der Waals surface area contributed by atoms with Crippen LogP contribution < -0.4 is 29.6 Å². The summed E-state index contributed by atoms with van der Waals surface area (Å²) in [6, 6.07) is 0. The molecule has 0 saturated heterocycles. The molecule has 0 amide bonds. The van der Waals surface area contributed by atoms with Crippen LogP contribution in [0.15, 0.2) is 0 Å². The second-order valence-electron chi connectivity index (χ2n) is 0. The summed E-state index contributed by atoms with van der Waals surface area (Å²) in [7, 11) is 0. The molecule has 0 aliphatic rings. The van der Waals surface area contributed by atoms with Crippen LogP contribution in [0, 0.1) is 0 Å². The van der Waals surface area contributed by atoms with Gasteiger partial charge < -0.3 is 16.4 Å². The quantitative estimate of drug-likeness (QED) is 0.357. The maximum absolute atomic E-state index is 0. The molecule has 0 unspecified atom stereocenters. The van der Waals surface area contributed by atoms with Crippen molar-refractivity contribution >= 4 is 24.4 Å². The third kappa shape index (κ3) is 27.0. The molecule has 0 heterocycles. The fourth-order valence-electron chi connectivity index (χ4n) is 0. The molecule has 3 nitrogen and oxygen atoms in total. The van der Waals surface area contributed by atoms with Crippen LogP contribution in [0.4, 0.5) is 0 Å². The van der Waals surface area contributed by atoms with Gasteiger partial charge in [0.25, 0.3) is 0 Å². The molecular weight excluding hydrogens is 193 g/mol. The summed E-state index contributed by atoms with van der Waals surface area (Å²) in [5.41, 5.74) is 0. The Hall–Kier alpha value is 1.70. The predicted molar refractivity (Wildman–Crippen MR) is 14.9 cm³/mol. The van der Waals surface area contributed by atoms with E-state index in [4.69, 9.17) is 0 Å². The standard InChI is InChI=1S/Na.3H2O.Sb/h;3*1H2;/q+1;;;;/p-1. The molecule has 0 rings (SSSR count). The normalized spacial score (nSPS) is 0. The van der Waals surface area contributed by atoms with Crippen molar-refractivity contribution in [2.75, 3.05) is 0 Å². The van der Waals surface area contributed by atoms with E-state index in [-0.39, 0.29) is 70.4 Å². The fraction of sp³-hybridized carbons (Fsp3) is 0. The molecule has 0 aromatic heterocycles. The average Bonchev–Trinajstić information content (AvgIpc) is 0. The van der Waals surface area contributed by atoms with Crippen LogP contribution in [-0.4, -0.2) is 40.9 Å². The van der Waals surface area contributed by atoms with Crippen LogP contribution in [0.5, 0.6) is 0 Å². The fourth-order valence-corrected chi connectivity index (χ4v) is 0. The van der Waals surface area contributed by atoms with Crippen LogP contribution in [0.1, 0.15) is 0 Å². The zero-order valence-electron chi connectivity index (χ0n) is 2.89. The van der Waals surface area contributed by atoms with E-state index in [2.05, 4.69) is 0 Å². The van der Waals surface area contributed by atoms with Crippen LogP contribution >= 0.6 is 0 Å². The first-order valence-electron chi connectivity index (χ1n) is 0. The minimum atomic E-state index is 0. The van der Waals surface area contributed by atoms with Crippen LogP contribution in [0.25, 0.3) is 0 Å². The van der Waals surface area contributed by atoms with Gasteiger partial charge in [-0.3, -0.25) is 0 Å². The summed E-state index contributed by atoms with van der Waals surface area (Å²) in [5, 5.41) is 0. The Morgan fingerprint density at radius 1 is 0.800 bits per heavy atom. The van der Waals surface area contributed by atoms with Gasteiger partial charge in [0.2, 0.25) is 0 Å². The van der Waals surface area contributed by atoms with Gasteiger partial charge in [0, 0.05) is 24.4 Å². The third-order valence-electron chi connectivity index (χ3n) is 0. The van der Waals surface area contributed by atoms with Crippen molar-refractivity contribution in [3.8, 4) is 0 Å². The number of hydrogen-bond donors (Lipinski definition) is 0. The van der Waals surface area contributed by atoms with Crippen molar-refractivity contribution in [2.24, 2.45) is 0 Å². The van der Waals surface area contributed by atoms with E-state index in [1.165, 1.54) is 0 Å². The smallest absolute Gasteiger partial charge is 0.870 e. The summed E-state index contributed by atoms with van der Waals surface area (Å²) in [4.78, 5) is 0. The molecule has 5 N–H and O–H groups in total. The molecule has 0 saturated carbocycles. The molecule has 5 heavy (non-hydrogen) atoms. The van der Waals surface area contributed by atoms with Gasteiger partial charge in [-0.1, -0.05) is 0 Å². The Morgan fingerprint density at radius 3 is 0.800 bits per heavy atom. The molecular formula is H5NaO3Sb. The third-order valence-corrected chi connectivity index (χ3v) is 0. The van der Waals surface area contributed by atoms with Gasteiger partial charge >= 0.3 is 29.6 Å². The van der Waals surface area contributed by atoms with Gasteiger partial charge in [-0.25, -0.2) is 0 Å². The monoisotopic (exact) mass is 197 g/mol. The van der Waals surface area contributed by atoms with E-state index in [1.807, 2.05) is 0 Å². The maximum Gasteiger partial charge on any atom is 1.00 e. The second-order valence-corrected chi connectivity index (χ2v) is 0. The molecule has 0 spiro atoms. The zero-order chi connectivity index (χ0) is 0. The molecule has 0 bridgehead atoms. The predicted octanol–water partition coefficient (Wildman–Crippen LogP) is -5.20. The summed E-state index contributed by atoms with van der Waals surface area (Å²) < 4.78 is 0. The molecule has 3 radical (unpaired) electrons. The Morgan fingerprint density at radius 2 is 0.800 bits per heavy atom. The summed E-state index contributed by atoms with van der Waals surface area (Å²) in [6.07, 6.45) is 0. The molecule has 0 aromatic rings. The Kier molecular flexibility index (Phi) is 658. The first kappa shape index (κ1) is 75.4. The molecule has 0 fully saturated rings. The van der Waals surface area contributed by atoms with Crippen molar-refractivity contribution in [3.63, 3.8) is 0 Å². The van der Waals surface area contributed by atoms with Crippen LogP contribution in [-0.2, 0) is 0 Å². The maximum atomic E-state index is 0. The second kappa shape index (κ2) is 43.6. The van der Waals surface area contributed by atoms with Crippen molar-refractivity contribution in [1.82, 2.24) is 0 Å². The van der Waals surface area contributed by atoms with E-state index in [1.54, 1.807) is 0 Å². The van der Waals surface area contributed by atoms with E-state index in [0.29, 0.717) is 0 Å². The number of hydrogen-bond acceptors (Lipinski definition) is 1. The first-order chi connectivity index (χ1) is 0. The summed E-state index contributed by atoms with van der Waals surface area (Å²) in [6.45, 7) is 0. The summed E-state index contributed by atoms with van der Waals surface area (Å²) in [5.74, 6) is 0. The van der Waals surface area contributed by atoms with E-state index >= 15 is 0 Å². The van der Waals surface area contributed by atoms with Gasteiger partial charge in [0.15, 0.2) is 0 Å². The van der Waals surface area contributed by atoms with E-state index in [0.717, 1.165) is 0 Å². The van der Waals surface area contributed by atoms with E-state index < -0.39 is 0 Å². The van der Waals surface area contributed by atoms with Crippen molar-refractivity contribution in [3.05, 3.63) is 0 Å². The largest absolute Gasteiger partial charge is 1.00 e. The Bertz CT molecular complexity index is 6.85. The molecule has 29 valence electrons. The minimum Gasteiger partial charge on any atom is -0.870 e. The minimum absolute atomic E-state index is 0. The molecule has 0 aliphatic carbocycles. The van der Waals surface area contributed by atoms with Gasteiger partial charge in [-0.05, 0) is 0 Å². The Labute approximate surface area is 69.8 Å². The van der Waals surface area contributed by atoms with Gasteiger partial charge in [0.1, 0.15) is 0 Å². The molecule has 5 heteroatoms. The SMILES string of the molecule is O.O.[Na+].[OH-].[Sb]. The molecule has 0 atom stereocenters. The molecule has 0 aliphatic heterocycles. The number of rotatable bonds is 0. The van der Waals surface area contributed by atoms with Gasteiger partial charge in [0.05, 0.1) is 0 Å². The van der Waals surface area contributed by atoms with Crippen molar-refractivity contribution < 1.29 is 46.0 Å². The molecule has 0 aromatic carbocycles. The average molecular weight is 198 g/mol. The van der Waals surface area contributed by atoms with Crippen molar-refractivity contribution in [1.29, 1.82) is 0 Å². The topological polar surface area (TPSA) is 93.0 Å². The van der Waals surface area contributed by atoms with Gasteiger partial charge in [-0.2, -0.15) is 0 Å². The Balaban J connectivity index is 0.